The summed E-state index contributed by atoms with van der Waals surface area (Å²) in [6, 6.07) is 8.77. The van der Waals surface area contributed by atoms with E-state index in [0.29, 0.717) is 0 Å². The van der Waals surface area contributed by atoms with Crippen LogP contribution in [0.4, 0.5) is 13.2 Å². The Bertz CT molecular complexity index is 534. The highest BCUT2D eigenvalue weighted by atomic mass is 19.1. The zero-order chi connectivity index (χ0) is 13.1. The molecule has 0 amide bonds. The first kappa shape index (κ1) is 12.6. The maximum Gasteiger partial charge on any atom is 0.129 e. The molecule has 0 aliphatic rings. The summed E-state index contributed by atoms with van der Waals surface area (Å²) in [5, 5.41) is 0. The van der Waals surface area contributed by atoms with E-state index in [1.165, 1.54) is 24.3 Å². The third-order valence-electron chi connectivity index (χ3n) is 2.79. The van der Waals surface area contributed by atoms with Gasteiger partial charge in [0.15, 0.2) is 0 Å². The van der Waals surface area contributed by atoms with Crippen LogP contribution in [0, 0.1) is 17.5 Å². The molecule has 0 aromatic heterocycles. The molecule has 0 fully saturated rings. The van der Waals surface area contributed by atoms with Crippen molar-refractivity contribution in [3.05, 3.63) is 71.0 Å². The molecule has 0 radical (unpaired) electrons. The summed E-state index contributed by atoms with van der Waals surface area (Å²) in [6.45, 7) is 0. The Morgan fingerprint density at radius 3 is 2.00 bits per heavy atom. The minimum atomic E-state index is -0.780. The second-order valence-corrected chi connectivity index (χ2v) is 4.03. The fourth-order valence-electron chi connectivity index (χ4n) is 1.83. The van der Waals surface area contributed by atoms with Crippen molar-refractivity contribution in [1.82, 2.24) is 0 Å². The van der Waals surface area contributed by atoms with Crippen LogP contribution in [0.5, 0.6) is 0 Å². The summed E-state index contributed by atoms with van der Waals surface area (Å²) in [5.74, 6) is -1.80. The van der Waals surface area contributed by atoms with Gasteiger partial charge in [0.25, 0.3) is 0 Å². The summed E-state index contributed by atoms with van der Waals surface area (Å²) in [5.41, 5.74) is 5.93. The molecule has 0 saturated heterocycles. The zero-order valence-electron chi connectivity index (χ0n) is 9.54. The summed E-state index contributed by atoms with van der Waals surface area (Å²) in [7, 11) is 0. The predicted octanol–water partition coefficient (Wildman–Crippen LogP) is 3.35. The summed E-state index contributed by atoms with van der Waals surface area (Å²) in [4.78, 5) is 0. The molecule has 1 nitrogen and oxygen atoms in total. The molecule has 0 bridgehead atoms. The minimum Gasteiger partial charge on any atom is -0.324 e. The van der Waals surface area contributed by atoms with E-state index in [-0.39, 0.29) is 17.5 Å². The molecule has 0 aliphatic heterocycles. The maximum absolute atomic E-state index is 13.5. The average molecular weight is 251 g/mol. The first-order chi connectivity index (χ1) is 8.59. The van der Waals surface area contributed by atoms with Gasteiger partial charge < -0.3 is 5.73 Å². The lowest BCUT2D eigenvalue weighted by atomic mass is 9.98. The van der Waals surface area contributed by atoms with Gasteiger partial charge in [0.2, 0.25) is 0 Å². The topological polar surface area (TPSA) is 26.0 Å². The van der Waals surface area contributed by atoms with Crippen LogP contribution in [0.15, 0.2) is 42.5 Å². The Balaban J connectivity index is 2.27. The standard InChI is InChI=1S/C14H12F3N/c15-11-5-2-1-4-9(11)14(18)8-10-12(16)6-3-7-13(10)17/h1-7,14H,8,18H2. The van der Waals surface area contributed by atoms with E-state index < -0.39 is 23.5 Å². The minimum absolute atomic E-state index is 0.0839. The maximum atomic E-state index is 13.5. The van der Waals surface area contributed by atoms with Gasteiger partial charge in [-0.3, -0.25) is 0 Å². The monoisotopic (exact) mass is 251 g/mol. The normalized spacial score (nSPS) is 12.4. The number of benzene rings is 2. The van der Waals surface area contributed by atoms with Crippen LogP contribution in [-0.2, 0) is 6.42 Å². The van der Waals surface area contributed by atoms with Gasteiger partial charge in [0.05, 0.1) is 0 Å². The van der Waals surface area contributed by atoms with Gasteiger partial charge in [-0.2, -0.15) is 0 Å². The smallest absolute Gasteiger partial charge is 0.129 e. The number of hydrogen-bond acceptors (Lipinski definition) is 1. The molecule has 0 heterocycles. The van der Waals surface area contributed by atoms with Crippen LogP contribution in [0.1, 0.15) is 17.2 Å². The molecule has 94 valence electrons. The van der Waals surface area contributed by atoms with Crippen LogP contribution in [-0.4, -0.2) is 0 Å². The van der Waals surface area contributed by atoms with Crippen molar-refractivity contribution in [2.24, 2.45) is 5.73 Å². The molecular weight excluding hydrogens is 239 g/mol. The molecular formula is C14H12F3N. The highest BCUT2D eigenvalue weighted by molar-refractivity contribution is 5.26. The Morgan fingerprint density at radius 1 is 0.833 bits per heavy atom. The van der Waals surface area contributed by atoms with E-state index in [1.54, 1.807) is 6.07 Å². The molecule has 0 aliphatic carbocycles. The largest absolute Gasteiger partial charge is 0.324 e. The fraction of sp³-hybridized carbons (Fsp3) is 0.143. The van der Waals surface area contributed by atoms with E-state index in [2.05, 4.69) is 0 Å². The molecule has 1 atom stereocenters. The van der Waals surface area contributed by atoms with E-state index >= 15 is 0 Å². The third-order valence-corrected chi connectivity index (χ3v) is 2.79. The second-order valence-electron chi connectivity index (χ2n) is 4.03. The lowest BCUT2D eigenvalue weighted by Gasteiger charge is -2.14. The van der Waals surface area contributed by atoms with Crippen molar-refractivity contribution < 1.29 is 13.2 Å². The molecule has 2 aromatic carbocycles. The molecule has 2 N–H and O–H groups in total. The van der Waals surface area contributed by atoms with E-state index in [1.807, 2.05) is 0 Å². The fourth-order valence-corrected chi connectivity index (χ4v) is 1.83. The average Bonchev–Trinajstić information content (AvgIpc) is 2.34. The SMILES string of the molecule is NC(Cc1c(F)cccc1F)c1ccccc1F. The highest BCUT2D eigenvalue weighted by Crippen LogP contribution is 2.22. The molecule has 2 rings (SSSR count). The van der Waals surface area contributed by atoms with Gasteiger partial charge in [-0.05, 0) is 24.6 Å². The molecule has 2 aromatic rings. The van der Waals surface area contributed by atoms with Gasteiger partial charge in [-0.25, -0.2) is 13.2 Å². The molecule has 4 heteroatoms. The van der Waals surface area contributed by atoms with E-state index in [4.69, 9.17) is 5.73 Å². The predicted molar refractivity (Wildman–Crippen MR) is 63.4 cm³/mol. The number of rotatable bonds is 3. The van der Waals surface area contributed by atoms with Crippen LogP contribution < -0.4 is 5.73 Å². The summed E-state index contributed by atoms with van der Waals surface area (Å²) in [6.07, 6.45) is -0.0839. The van der Waals surface area contributed by atoms with Crippen LogP contribution in [0.2, 0.25) is 0 Å². The highest BCUT2D eigenvalue weighted by Gasteiger charge is 2.16. The van der Waals surface area contributed by atoms with Gasteiger partial charge in [0, 0.05) is 17.2 Å². The van der Waals surface area contributed by atoms with Crippen molar-refractivity contribution >= 4 is 0 Å². The number of nitrogens with two attached hydrogens (primary N) is 1. The van der Waals surface area contributed by atoms with Crippen molar-refractivity contribution in [3.8, 4) is 0 Å². The van der Waals surface area contributed by atoms with Gasteiger partial charge in [-0.1, -0.05) is 24.3 Å². The van der Waals surface area contributed by atoms with Crippen LogP contribution >= 0.6 is 0 Å². The quantitative estimate of drug-likeness (QED) is 0.889. The molecule has 0 saturated carbocycles. The number of hydrogen-bond donors (Lipinski definition) is 1. The Hall–Kier alpha value is -1.81. The zero-order valence-corrected chi connectivity index (χ0v) is 9.54. The molecule has 18 heavy (non-hydrogen) atoms. The first-order valence-corrected chi connectivity index (χ1v) is 5.52. The lowest BCUT2D eigenvalue weighted by Crippen LogP contribution is -2.16. The van der Waals surface area contributed by atoms with E-state index in [9.17, 15) is 13.2 Å². The van der Waals surface area contributed by atoms with Crippen molar-refractivity contribution in [2.75, 3.05) is 0 Å². The summed E-state index contributed by atoms with van der Waals surface area (Å²) < 4.78 is 40.4. The Kier molecular flexibility index (Phi) is 3.67. The first-order valence-electron chi connectivity index (χ1n) is 5.52. The Labute approximate surface area is 103 Å². The van der Waals surface area contributed by atoms with Crippen LogP contribution in [0.3, 0.4) is 0 Å². The summed E-state index contributed by atoms with van der Waals surface area (Å²) >= 11 is 0. The van der Waals surface area contributed by atoms with Crippen molar-refractivity contribution in [2.45, 2.75) is 12.5 Å². The third kappa shape index (κ3) is 2.54. The van der Waals surface area contributed by atoms with E-state index in [0.717, 1.165) is 12.1 Å². The number of halogens is 3. The van der Waals surface area contributed by atoms with Crippen molar-refractivity contribution in [3.63, 3.8) is 0 Å². The van der Waals surface area contributed by atoms with Crippen molar-refractivity contribution in [1.29, 1.82) is 0 Å². The van der Waals surface area contributed by atoms with Crippen LogP contribution in [0.25, 0.3) is 0 Å². The van der Waals surface area contributed by atoms with Gasteiger partial charge >= 0.3 is 0 Å². The lowest BCUT2D eigenvalue weighted by molar-refractivity contribution is 0.528. The van der Waals surface area contributed by atoms with Gasteiger partial charge in [-0.15, -0.1) is 0 Å². The second kappa shape index (κ2) is 5.23. The van der Waals surface area contributed by atoms with Gasteiger partial charge in [0.1, 0.15) is 17.5 Å². The Morgan fingerprint density at radius 2 is 1.39 bits per heavy atom. The molecule has 0 spiro atoms. The molecule has 1 unspecified atom stereocenters.